The molecule has 0 aliphatic carbocycles. The van der Waals surface area contributed by atoms with Crippen LogP contribution < -0.4 is 4.65 Å². The van der Waals surface area contributed by atoms with Gasteiger partial charge in [0.1, 0.15) is 5.75 Å². The van der Waals surface area contributed by atoms with Crippen molar-refractivity contribution in [3.8, 4) is 5.75 Å². The minimum Gasteiger partial charge on any atom is -0.525 e. The predicted molar refractivity (Wildman–Crippen MR) is 44.1 cm³/mol. The highest BCUT2D eigenvalue weighted by atomic mass is 16.6. The first-order chi connectivity index (χ1) is 5.77. The zero-order valence-corrected chi connectivity index (χ0v) is 6.61. The van der Waals surface area contributed by atoms with Crippen LogP contribution in [0, 0.1) is 0 Å². The van der Waals surface area contributed by atoms with Crippen LogP contribution in [-0.4, -0.2) is 13.1 Å². The molecule has 0 spiro atoms. The van der Waals surface area contributed by atoms with Crippen molar-refractivity contribution < 1.29 is 14.1 Å². The van der Waals surface area contributed by atoms with Crippen molar-refractivity contribution >= 4 is 13.1 Å². The van der Waals surface area contributed by atoms with E-state index in [0.29, 0.717) is 11.3 Å². The first kappa shape index (κ1) is 7.22. The third-order valence-electron chi connectivity index (χ3n) is 1.67. The van der Waals surface area contributed by atoms with Gasteiger partial charge < -0.3 is 9.31 Å². The van der Waals surface area contributed by atoms with Gasteiger partial charge in [-0.1, -0.05) is 12.1 Å². The summed E-state index contributed by atoms with van der Waals surface area (Å²) in [7, 11) is -0.479. The van der Waals surface area contributed by atoms with Crippen molar-refractivity contribution in [1.29, 1.82) is 0 Å². The maximum Gasteiger partial charge on any atom is 0.593 e. The summed E-state index contributed by atoms with van der Waals surface area (Å²) >= 11 is 0. The van der Waals surface area contributed by atoms with Gasteiger partial charge in [0.2, 0.25) is 0 Å². The van der Waals surface area contributed by atoms with Gasteiger partial charge in [-0.25, -0.2) is 4.79 Å². The second-order valence-electron chi connectivity index (χ2n) is 2.59. The van der Waals surface area contributed by atoms with Crippen molar-refractivity contribution in [1.82, 2.24) is 0 Å². The van der Waals surface area contributed by atoms with E-state index in [0.717, 1.165) is 0 Å². The van der Waals surface area contributed by atoms with Crippen LogP contribution in [0.15, 0.2) is 24.3 Å². The van der Waals surface area contributed by atoms with Crippen molar-refractivity contribution in [2.24, 2.45) is 0 Å². The van der Waals surface area contributed by atoms with Crippen molar-refractivity contribution in [3.05, 3.63) is 29.8 Å². The van der Waals surface area contributed by atoms with Crippen LogP contribution in [0.25, 0.3) is 0 Å². The summed E-state index contributed by atoms with van der Waals surface area (Å²) in [4.78, 5) is 11.2. The first-order valence-electron chi connectivity index (χ1n) is 3.74. The summed E-state index contributed by atoms with van der Waals surface area (Å²) in [5.41, 5.74) is 0.496. The number of benzene rings is 1. The number of hydrogen-bond acceptors (Lipinski definition) is 3. The molecule has 1 heterocycles. The van der Waals surface area contributed by atoms with E-state index in [4.69, 9.17) is 9.31 Å². The van der Waals surface area contributed by atoms with E-state index in [9.17, 15) is 4.79 Å². The number of hydrogen-bond donors (Lipinski definition) is 0. The highest BCUT2D eigenvalue weighted by Crippen LogP contribution is 2.23. The molecule has 0 radical (unpaired) electrons. The van der Waals surface area contributed by atoms with Crippen molar-refractivity contribution in [3.63, 3.8) is 0 Å². The van der Waals surface area contributed by atoms with E-state index < -0.39 is 7.12 Å². The fraction of sp³-hybridized carbons (Fsp3) is 0.125. The molecule has 0 unspecified atom stereocenters. The number of para-hydroxylation sites is 1. The standard InChI is InChI=1S/C8H7BO3/c1-9-11-7-5-3-2-4-6(7)8(10)12-9/h2-5H,1H3. The summed E-state index contributed by atoms with van der Waals surface area (Å²) in [5.74, 6) is 0.283. The van der Waals surface area contributed by atoms with Gasteiger partial charge in [0.15, 0.2) is 0 Å². The molecule has 0 saturated carbocycles. The minimum atomic E-state index is -0.479. The highest BCUT2D eigenvalue weighted by molar-refractivity contribution is 6.47. The molecule has 0 aromatic heterocycles. The van der Waals surface area contributed by atoms with E-state index in [-0.39, 0.29) is 5.97 Å². The van der Waals surface area contributed by atoms with Gasteiger partial charge >= 0.3 is 13.1 Å². The molecule has 60 valence electrons. The lowest BCUT2D eigenvalue weighted by atomic mass is 9.92. The largest absolute Gasteiger partial charge is 0.593 e. The average molecular weight is 162 g/mol. The second kappa shape index (κ2) is 2.55. The molecule has 0 bridgehead atoms. The molecule has 1 aromatic rings. The Morgan fingerprint density at radius 1 is 1.25 bits per heavy atom. The Kier molecular flexibility index (Phi) is 1.53. The molecule has 12 heavy (non-hydrogen) atoms. The van der Waals surface area contributed by atoms with Crippen LogP contribution in [0.1, 0.15) is 10.4 Å². The minimum absolute atomic E-state index is 0.315. The maximum absolute atomic E-state index is 11.2. The molecule has 0 saturated heterocycles. The molecule has 4 heteroatoms. The molecular weight excluding hydrogens is 155 g/mol. The summed E-state index contributed by atoms with van der Waals surface area (Å²) in [6.07, 6.45) is 0. The molecular formula is C8H7BO3. The molecule has 1 aliphatic rings. The Labute approximate surface area is 70.4 Å². The normalized spacial score (nSPS) is 14.8. The highest BCUT2D eigenvalue weighted by Gasteiger charge is 2.28. The van der Waals surface area contributed by atoms with Crippen LogP contribution >= 0.6 is 0 Å². The zero-order valence-electron chi connectivity index (χ0n) is 6.61. The molecule has 3 nitrogen and oxygen atoms in total. The second-order valence-corrected chi connectivity index (χ2v) is 2.59. The molecule has 0 N–H and O–H groups in total. The number of fused-ring (bicyclic) bond motifs is 1. The average Bonchev–Trinajstić information content (AvgIpc) is 2.04. The monoisotopic (exact) mass is 162 g/mol. The van der Waals surface area contributed by atoms with Gasteiger partial charge in [-0.05, 0) is 19.0 Å². The smallest absolute Gasteiger partial charge is 0.525 e. The van der Waals surface area contributed by atoms with Crippen LogP contribution in [0.5, 0.6) is 5.75 Å². The third kappa shape index (κ3) is 1.05. The van der Waals surface area contributed by atoms with Gasteiger partial charge in [-0.15, -0.1) is 0 Å². The van der Waals surface area contributed by atoms with Crippen LogP contribution in [0.2, 0.25) is 6.82 Å². The van der Waals surface area contributed by atoms with Gasteiger partial charge in [0.05, 0.1) is 5.56 Å². The SMILES string of the molecule is CB1OC(=O)c2ccccc2O1. The van der Waals surface area contributed by atoms with E-state index in [1.807, 2.05) is 6.07 Å². The Morgan fingerprint density at radius 2 is 2.00 bits per heavy atom. The predicted octanol–water partition coefficient (Wildman–Crippen LogP) is 1.35. The fourth-order valence-corrected chi connectivity index (χ4v) is 1.16. The van der Waals surface area contributed by atoms with E-state index in [1.165, 1.54) is 0 Å². The van der Waals surface area contributed by atoms with Gasteiger partial charge in [-0.3, -0.25) is 0 Å². The van der Waals surface area contributed by atoms with Gasteiger partial charge in [0.25, 0.3) is 0 Å². The molecule has 1 aliphatic heterocycles. The Morgan fingerprint density at radius 3 is 2.83 bits per heavy atom. The number of carbonyl (C=O) groups is 1. The molecule has 1 aromatic carbocycles. The lowest BCUT2D eigenvalue weighted by molar-refractivity contribution is 0.0683. The molecule has 0 amide bonds. The van der Waals surface area contributed by atoms with E-state index in [2.05, 4.69) is 0 Å². The van der Waals surface area contributed by atoms with Crippen LogP contribution in [0.3, 0.4) is 0 Å². The number of rotatable bonds is 0. The Balaban J connectivity index is 2.47. The summed E-state index contributed by atoms with van der Waals surface area (Å²) in [6.45, 7) is 1.69. The lowest BCUT2D eigenvalue weighted by Gasteiger charge is -2.19. The topological polar surface area (TPSA) is 35.5 Å². The van der Waals surface area contributed by atoms with Gasteiger partial charge in [0, 0.05) is 0 Å². The fourth-order valence-electron chi connectivity index (χ4n) is 1.16. The third-order valence-corrected chi connectivity index (χ3v) is 1.67. The van der Waals surface area contributed by atoms with E-state index in [1.54, 1.807) is 25.0 Å². The lowest BCUT2D eigenvalue weighted by Crippen LogP contribution is -2.31. The maximum atomic E-state index is 11.2. The summed E-state index contributed by atoms with van der Waals surface area (Å²) in [5, 5.41) is 0. The quantitative estimate of drug-likeness (QED) is 0.540. The number of carbonyl (C=O) groups excluding carboxylic acids is 1. The summed E-state index contributed by atoms with van der Waals surface area (Å²) < 4.78 is 10.1. The Bertz CT molecular complexity index is 324. The first-order valence-corrected chi connectivity index (χ1v) is 3.74. The summed E-state index contributed by atoms with van der Waals surface area (Å²) in [6, 6.07) is 7.04. The van der Waals surface area contributed by atoms with Crippen molar-refractivity contribution in [2.45, 2.75) is 6.82 Å². The van der Waals surface area contributed by atoms with E-state index >= 15 is 0 Å². The molecule has 0 fully saturated rings. The molecule has 0 atom stereocenters. The van der Waals surface area contributed by atoms with Crippen LogP contribution in [-0.2, 0) is 4.65 Å². The van der Waals surface area contributed by atoms with Crippen molar-refractivity contribution in [2.75, 3.05) is 0 Å². The Hall–Kier alpha value is -1.45. The zero-order chi connectivity index (χ0) is 8.55. The van der Waals surface area contributed by atoms with Crippen LogP contribution in [0.4, 0.5) is 0 Å². The van der Waals surface area contributed by atoms with Gasteiger partial charge in [-0.2, -0.15) is 0 Å². The molecule has 2 rings (SSSR count).